The lowest BCUT2D eigenvalue weighted by Gasteiger charge is -2.09. The fourth-order valence-electron chi connectivity index (χ4n) is 1.57. The summed E-state index contributed by atoms with van der Waals surface area (Å²) in [6.07, 6.45) is 1.65. The molecule has 0 spiro atoms. The van der Waals surface area contributed by atoms with E-state index >= 15 is 0 Å². The fourth-order valence-corrected chi connectivity index (χ4v) is 1.57. The summed E-state index contributed by atoms with van der Waals surface area (Å²) in [6.45, 7) is 1.12. The molecular weight excluding hydrogens is 190 g/mol. The first-order chi connectivity index (χ1) is 7.31. The van der Waals surface area contributed by atoms with E-state index in [1.807, 2.05) is 13.1 Å². The molecule has 15 heavy (non-hydrogen) atoms. The zero-order valence-electron chi connectivity index (χ0n) is 9.42. The minimum atomic E-state index is 0.159. The van der Waals surface area contributed by atoms with Crippen molar-refractivity contribution in [3.63, 3.8) is 0 Å². The van der Waals surface area contributed by atoms with Gasteiger partial charge in [-0.05, 0) is 43.6 Å². The van der Waals surface area contributed by atoms with Gasteiger partial charge >= 0.3 is 0 Å². The van der Waals surface area contributed by atoms with Gasteiger partial charge in [0.15, 0.2) is 0 Å². The second-order valence-electron chi connectivity index (χ2n) is 3.47. The van der Waals surface area contributed by atoms with Gasteiger partial charge < -0.3 is 15.2 Å². The number of hydrogen-bond donors (Lipinski definition) is 2. The molecule has 0 atom stereocenters. The number of aliphatic hydroxyl groups excluding tert-OH is 1. The highest BCUT2D eigenvalue weighted by Gasteiger charge is 2.03. The predicted molar refractivity (Wildman–Crippen MR) is 61.4 cm³/mol. The summed E-state index contributed by atoms with van der Waals surface area (Å²) in [5.41, 5.74) is 2.35. The molecule has 0 bridgehead atoms. The summed E-state index contributed by atoms with van der Waals surface area (Å²) in [5.74, 6) is 0.859. The molecule has 3 nitrogen and oxygen atoms in total. The van der Waals surface area contributed by atoms with Crippen LogP contribution in [0.2, 0.25) is 0 Å². The van der Waals surface area contributed by atoms with Crippen molar-refractivity contribution >= 4 is 0 Å². The molecule has 3 heteroatoms. The summed E-state index contributed by atoms with van der Waals surface area (Å²) in [6, 6.07) is 6.14. The summed E-state index contributed by atoms with van der Waals surface area (Å²) in [4.78, 5) is 0. The van der Waals surface area contributed by atoms with Gasteiger partial charge in [0.2, 0.25) is 0 Å². The standard InChI is InChI=1S/C12H19NO2/c1-13-7-5-10-3-4-12(15-2)11(9-10)6-8-14/h3-4,9,13-14H,5-8H2,1-2H3. The van der Waals surface area contributed by atoms with E-state index < -0.39 is 0 Å². The molecule has 0 amide bonds. The Morgan fingerprint density at radius 2 is 2.13 bits per heavy atom. The molecule has 0 saturated heterocycles. The van der Waals surface area contributed by atoms with Crippen LogP contribution in [-0.4, -0.2) is 32.4 Å². The van der Waals surface area contributed by atoms with E-state index in [-0.39, 0.29) is 6.61 Å². The summed E-state index contributed by atoms with van der Waals surface area (Å²) < 4.78 is 5.23. The van der Waals surface area contributed by atoms with Crippen LogP contribution in [0.15, 0.2) is 18.2 Å². The maximum absolute atomic E-state index is 8.94. The first-order valence-electron chi connectivity index (χ1n) is 5.23. The van der Waals surface area contributed by atoms with E-state index in [1.54, 1.807) is 7.11 Å². The van der Waals surface area contributed by atoms with Crippen LogP contribution in [0.5, 0.6) is 5.75 Å². The molecule has 0 aliphatic rings. The molecule has 0 aliphatic heterocycles. The number of nitrogens with one attached hydrogen (secondary N) is 1. The van der Waals surface area contributed by atoms with Gasteiger partial charge in [0.05, 0.1) is 7.11 Å². The first kappa shape index (κ1) is 12.0. The molecule has 0 aliphatic carbocycles. The van der Waals surface area contributed by atoms with Crippen molar-refractivity contribution in [3.05, 3.63) is 29.3 Å². The highest BCUT2D eigenvalue weighted by molar-refractivity contribution is 5.37. The van der Waals surface area contributed by atoms with Crippen LogP contribution < -0.4 is 10.1 Å². The molecule has 1 aromatic carbocycles. The second kappa shape index (κ2) is 6.43. The van der Waals surface area contributed by atoms with Crippen LogP contribution in [0.4, 0.5) is 0 Å². The Kier molecular flexibility index (Phi) is 5.15. The number of rotatable bonds is 6. The van der Waals surface area contributed by atoms with Gasteiger partial charge in [-0.2, -0.15) is 0 Å². The molecule has 1 aromatic rings. The number of hydrogen-bond acceptors (Lipinski definition) is 3. The first-order valence-corrected chi connectivity index (χ1v) is 5.23. The van der Waals surface area contributed by atoms with Gasteiger partial charge in [-0.25, -0.2) is 0 Å². The third-order valence-electron chi connectivity index (χ3n) is 2.39. The van der Waals surface area contributed by atoms with Crippen molar-refractivity contribution in [2.24, 2.45) is 0 Å². The molecule has 0 radical (unpaired) electrons. The smallest absolute Gasteiger partial charge is 0.122 e. The van der Waals surface area contributed by atoms with Crippen LogP contribution in [-0.2, 0) is 12.8 Å². The Morgan fingerprint density at radius 1 is 1.33 bits per heavy atom. The number of aliphatic hydroxyl groups is 1. The molecule has 0 heterocycles. The van der Waals surface area contributed by atoms with Crippen molar-refractivity contribution in [3.8, 4) is 5.75 Å². The van der Waals surface area contributed by atoms with E-state index in [9.17, 15) is 0 Å². The average Bonchev–Trinajstić information content (AvgIpc) is 2.27. The van der Waals surface area contributed by atoms with E-state index in [0.717, 1.165) is 24.3 Å². The molecule has 0 aromatic heterocycles. The van der Waals surface area contributed by atoms with Crippen molar-refractivity contribution in [1.82, 2.24) is 5.32 Å². The second-order valence-corrected chi connectivity index (χ2v) is 3.47. The van der Waals surface area contributed by atoms with E-state index in [4.69, 9.17) is 9.84 Å². The van der Waals surface area contributed by atoms with Gasteiger partial charge in [0, 0.05) is 6.61 Å². The van der Waals surface area contributed by atoms with Gasteiger partial charge in [0.1, 0.15) is 5.75 Å². The third kappa shape index (κ3) is 3.53. The molecule has 0 saturated carbocycles. The summed E-state index contributed by atoms with van der Waals surface area (Å²) >= 11 is 0. The van der Waals surface area contributed by atoms with Crippen LogP contribution >= 0.6 is 0 Å². The lowest BCUT2D eigenvalue weighted by Crippen LogP contribution is -2.10. The third-order valence-corrected chi connectivity index (χ3v) is 2.39. The Morgan fingerprint density at radius 3 is 2.73 bits per heavy atom. The van der Waals surface area contributed by atoms with Gasteiger partial charge in [-0.15, -0.1) is 0 Å². The van der Waals surface area contributed by atoms with E-state index in [1.165, 1.54) is 5.56 Å². The van der Waals surface area contributed by atoms with Crippen molar-refractivity contribution in [2.75, 3.05) is 27.3 Å². The lowest BCUT2D eigenvalue weighted by molar-refractivity contribution is 0.296. The Labute approximate surface area is 91.1 Å². The van der Waals surface area contributed by atoms with Gasteiger partial charge in [0.25, 0.3) is 0 Å². The van der Waals surface area contributed by atoms with Crippen molar-refractivity contribution in [2.45, 2.75) is 12.8 Å². The Balaban J connectivity index is 2.79. The minimum Gasteiger partial charge on any atom is -0.496 e. The zero-order chi connectivity index (χ0) is 11.1. The molecule has 2 N–H and O–H groups in total. The zero-order valence-corrected chi connectivity index (χ0v) is 9.42. The number of ether oxygens (including phenoxy) is 1. The molecule has 84 valence electrons. The SMILES string of the molecule is CNCCc1ccc(OC)c(CCO)c1. The van der Waals surface area contributed by atoms with Gasteiger partial charge in [-0.1, -0.05) is 12.1 Å². The van der Waals surface area contributed by atoms with Gasteiger partial charge in [-0.3, -0.25) is 0 Å². The van der Waals surface area contributed by atoms with Crippen molar-refractivity contribution < 1.29 is 9.84 Å². The minimum absolute atomic E-state index is 0.159. The number of methoxy groups -OCH3 is 1. The van der Waals surface area contributed by atoms with E-state index in [2.05, 4.69) is 17.4 Å². The van der Waals surface area contributed by atoms with Crippen LogP contribution in [0, 0.1) is 0 Å². The quantitative estimate of drug-likeness (QED) is 0.734. The average molecular weight is 209 g/mol. The normalized spacial score (nSPS) is 10.3. The Bertz CT molecular complexity index is 300. The number of benzene rings is 1. The lowest BCUT2D eigenvalue weighted by atomic mass is 10.0. The van der Waals surface area contributed by atoms with Crippen LogP contribution in [0.1, 0.15) is 11.1 Å². The number of likely N-dealkylation sites (N-methyl/N-ethyl adjacent to an activating group) is 1. The van der Waals surface area contributed by atoms with E-state index in [0.29, 0.717) is 6.42 Å². The summed E-state index contributed by atoms with van der Waals surface area (Å²) in [5, 5.41) is 12.1. The maximum atomic E-state index is 8.94. The Hall–Kier alpha value is -1.06. The fraction of sp³-hybridized carbons (Fsp3) is 0.500. The monoisotopic (exact) mass is 209 g/mol. The summed E-state index contributed by atoms with van der Waals surface area (Å²) in [7, 11) is 3.60. The highest BCUT2D eigenvalue weighted by atomic mass is 16.5. The molecule has 0 fully saturated rings. The topological polar surface area (TPSA) is 41.5 Å². The van der Waals surface area contributed by atoms with Crippen molar-refractivity contribution in [1.29, 1.82) is 0 Å². The molecular formula is C12H19NO2. The van der Waals surface area contributed by atoms with Crippen LogP contribution in [0.25, 0.3) is 0 Å². The van der Waals surface area contributed by atoms with Crippen LogP contribution in [0.3, 0.4) is 0 Å². The predicted octanol–water partition coefficient (Wildman–Crippen LogP) is 0.992. The molecule has 1 rings (SSSR count). The molecule has 0 unspecified atom stereocenters. The largest absolute Gasteiger partial charge is 0.496 e. The highest BCUT2D eigenvalue weighted by Crippen LogP contribution is 2.20. The maximum Gasteiger partial charge on any atom is 0.122 e.